The summed E-state index contributed by atoms with van der Waals surface area (Å²) >= 11 is 0. The third-order valence-corrected chi connectivity index (χ3v) is 4.99. The van der Waals surface area contributed by atoms with Gasteiger partial charge in [-0.2, -0.15) is 0 Å². The minimum absolute atomic E-state index is 0.282. The molecule has 2 aromatic rings. The maximum atomic E-state index is 12.5. The zero-order valence-electron chi connectivity index (χ0n) is 13.8. The summed E-state index contributed by atoms with van der Waals surface area (Å²) in [6.45, 7) is 6.66. The first kappa shape index (κ1) is 17.3. The lowest BCUT2D eigenvalue weighted by molar-refractivity contribution is 0.600. The van der Waals surface area contributed by atoms with Crippen LogP contribution in [0.3, 0.4) is 0 Å². The molecule has 0 saturated heterocycles. The van der Waals surface area contributed by atoms with Crippen molar-refractivity contribution in [2.45, 2.75) is 38.5 Å². The van der Waals surface area contributed by atoms with Gasteiger partial charge in [0.05, 0.1) is 16.8 Å². The second-order valence-corrected chi connectivity index (χ2v) is 7.24. The quantitative estimate of drug-likeness (QED) is 0.758. The van der Waals surface area contributed by atoms with Crippen LogP contribution in [0.15, 0.2) is 41.4 Å². The van der Waals surface area contributed by atoms with E-state index < -0.39 is 10.0 Å². The number of pyridine rings is 1. The smallest absolute Gasteiger partial charge is 0.263 e. The van der Waals surface area contributed by atoms with Gasteiger partial charge in [-0.05, 0) is 49.6 Å². The number of aryl methyl sites for hydroxylation is 2. The predicted molar refractivity (Wildman–Crippen MR) is 94.4 cm³/mol. The van der Waals surface area contributed by atoms with Crippen LogP contribution >= 0.6 is 0 Å². The summed E-state index contributed by atoms with van der Waals surface area (Å²) in [5, 5.41) is 3.24. The molecule has 0 fully saturated rings. The van der Waals surface area contributed by atoms with E-state index in [2.05, 4.69) is 21.9 Å². The van der Waals surface area contributed by atoms with Crippen LogP contribution in [0, 0.1) is 13.8 Å². The number of nitrogens with zero attached hydrogens (tertiary/aromatic N) is 1. The molecular weight excluding hydrogens is 310 g/mol. The summed E-state index contributed by atoms with van der Waals surface area (Å²) in [6, 6.07) is 8.85. The number of nitrogens with one attached hydrogen (secondary N) is 2. The van der Waals surface area contributed by atoms with Crippen molar-refractivity contribution in [2.75, 3.05) is 16.6 Å². The van der Waals surface area contributed by atoms with Gasteiger partial charge in [0.15, 0.2) is 0 Å². The standard InChI is InChI=1S/C17H23N3O2S/c1-4-5-10-18-15-8-9-17(19-12-15)20-23(21,22)16-11-13(2)6-7-14(16)3/h6-9,11-12,18H,4-5,10H2,1-3H3,(H,19,20). The Morgan fingerprint density at radius 1 is 1.13 bits per heavy atom. The van der Waals surface area contributed by atoms with Crippen LogP contribution in [0.1, 0.15) is 30.9 Å². The van der Waals surface area contributed by atoms with Gasteiger partial charge < -0.3 is 5.32 Å². The van der Waals surface area contributed by atoms with Gasteiger partial charge in [0, 0.05) is 6.54 Å². The Morgan fingerprint density at radius 3 is 2.57 bits per heavy atom. The zero-order valence-corrected chi connectivity index (χ0v) is 14.6. The molecule has 2 rings (SSSR count). The van der Waals surface area contributed by atoms with Crippen LogP contribution in [-0.4, -0.2) is 19.9 Å². The van der Waals surface area contributed by atoms with Crippen LogP contribution in [0.5, 0.6) is 0 Å². The highest BCUT2D eigenvalue weighted by atomic mass is 32.2. The lowest BCUT2D eigenvalue weighted by atomic mass is 10.2. The van der Waals surface area contributed by atoms with E-state index in [1.807, 2.05) is 19.1 Å². The Kier molecular flexibility index (Phi) is 5.60. The van der Waals surface area contributed by atoms with Crippen LogP contribution in [0.4, 0.5) is 11.5 Å². The summed E-state index contributed by atoms with van der Waals surface area (Å²) in [7, 11) is -3.63. The number of sulfonamides is 1. The number of unbranched alkanes of at least 4 members (excludes halogenated alkanes) is 1. The largest absolute Gasteiger partial charge is 0.384 e. The van der Waals surface area contributed by atoms with Gasteiger partial charge in [0.25, 0.3) is 10.0 Å². The lowest BCUT2D eigenvalue weighted by Crippen LogP contribution is -2.15. The Bertz CT molecular complexity index is 756. The molecule has 124 valence electrons. The summed E-state index contributed by atoms with van der Waals surface area (Å²) in [5.41, 5.74) is 2.49. The van der Waals surface area contributed by atoms with Crippen LogP contribution in [0.2, 0.25) is 0 Å². The molecule has 0 spiro atoms. The third kappa shape index (κ3) is 4.69. The minimum Gasteiger partial charge on any atom is -0.384 e. The van der Waals surface area contributed by atoms with Gasteiger partial charge in [-0.25, -0.2) is 13.4 Å². The molecule has 0 atom stereocenters. The molecule has 0 radical (unpaired) electrons. The lowest BCUT2D eigenvalue weighted by Gasteiger charge is -2.11. The number of anilines is 2. The highest BCUT2D eigenvalue weighted by Gasteiger charge is 2.17. The summed E-state index contributed by atoms with van der Waals surface area (Å²) in [5.74, 6) is 0.312. The molecule has 0 aliphatic carbocycles. The number of hydrogen-bond donors (Lipinski definition) is 2. The van der Waals surface area contributed by atoms with Gasteiger partial charge in [-0.3, -0.25) is 4.72 Å². The Labute approximate surface area is 138 Å². The van der Waals surface area contributed by atoms with Gasteiger partial charge >= 0.3 is 0 Å². The van der Waals surface area contributed by atoms with Crippen molar-refractivity contribution in [2.24, 2.45) is 0 Å². The van der Waals surface area contributed by atoms with Crippen LogP contribution in [0.25, 0.3) is 0 Å². The molecule has 0 aliphatic heterocycles. The Balaban J connectivity index is 2.13. The van der Waals surface area contributed by atoms with E-state index in [-0.39, 0.29) is 4.90 Å². The van der Waals surface area contributed by atoms with Crippen molar-refractivity contribution in [1.82, 2.24) is 4.98 Å². The average Bonchev–Trinajstić information content (AvgIpc) is 2.51. The molecule has 23 heavy (non-hydrogen) atoms. The second-order valence-electron chi connectivity index (χ2n) is 5.59. The Hall–Kier alpha value is -2.08. The van der Waals surface area contributed by atoms with Crippen molar-refractivity contribution < 1.29 is 8.42 Å². The number of aromatic nitrogens is 1. The molecule has 0 unspecified atom stereocenters. The van der Waals surface area contributed by atoms with E-state index >= 15 is 0 Å². The fourth-order valence-corrected chi connectivity index (χ4v) is 3.50. The first-order valence-electron chi connectivity index (χ1n) is 7.72. The van der Waals surface area contributed by atoms with E-state index in [0.717, 1.165) is 30.6 Å². The molecule has 0 amide bonds. The van der Waals surface area contributed by atoms with Crippen molar-refractivity contribution in [3.05, 3.63) is 47.7 Å². The van der Waals surface area contributed by atoms with Gasteiger partial charge in [0.2, 0.25) is 0 Å². The van der Waals surface area contributed by atoms with E-state index in [0.29, 0.717) is 11.4 Å². The monoisotopic (exact) mass is 333 g/mol. The van der Waals surface area contributed by atoms with E-state index in [1.165, 1.54) is 0 Å². The van der Waals surface area contributed by atoms with Gasteiger partial charge in [-0.1, -0.05) is 25.5 Å². The zero-order chi connectivity index (χ0) is 16.9. The van der Waals surface area contributed by atoms with Crippen molar-refractivity contribution in [1.29, 1.82) is 0 Å². The third-order valence-electron chi connectivity index (χ3n) is 3.50. The highest BCUT2D eigenvalue weighted by Crippen LogP contribution is 2.20. The highest BCUT2D eigenvalue weighted by molar-refractivity contribution is 7.92. The number of hydrogen-bond acceptors (Lipinski definition) is 4. The minimum atomic E-state index is -3.63. The van der Waals surface area contributed by atoms with Gasteiger partial charge in [-0.15, -0.1) is 0 Å². The van der Waals surface area contributed by atoms with Crippen molar-refractivity contribution >= 4 is 21.5 Å². The molecule has 1 aromatic heterocycles. The first-order valence-corrected chi connectivity index (χ1v) is 9.20. The first-order chi connectivity index (χ1) is 10.9. The normalized spacial score (nSPS) is 11.3. The molecular formula is C17H23N3O2S. The fourth-order valence-electron chi connectivity index (χ4n) is 2.16. The molecule has 1 heterocycles. The van der Waals surface area contributed by atoms with Crippen molar-refractivity contribution in [3.63, 3.8) is 0 Å². The van der Waals surface area contributed by atoms with Crippen LogP contribution < -0.4 is 10.0 Å². The molecule has 0 saturated carbocycles. The molecule has 1 aromatic carbocycles. The Morgan fingerprint density at radius 2 is 1.91 bits per heavy atom. The molecule has 0 aliphatic rings. The van der Waals surface area contributed by atoms with E-state index in [9.17, 15) is 8.42 Å². The SMILES string of the molecule is CCCCNc1ccc(NS(=O)(=O)c2cc(C)ccc2C)nc1. The van der Waals surface area contributed by atoms with Crippen LogP contribution in [-0.2, 0) is 10.0 Å². The topological polar surface area (TPSA) is 71.1 Å². The second kappa shape index (κ2) is 7.46. The maximum absolute atomic E-state index is 12.5. The maximum Gasteiger partial charge on any atom is 0.263 e. The van der Waals surface area contributed by atoms with E-state index in [1.54, 1.807) is 31.3 Å². The van der Waals surface area contributed by atoms with Gasteiger partial charge in [0.1, 0.15) is 5.82 Å². The molecule has 5 nitrogen and oxygen atoms in total. The fraction of sp³-hybridized carbons (Fsp3) is 0.353. The predicted octanol–water partition coefficient (Wildman–Crippen LogP) is 3.71. The van der Waals surface area contributed by atoms with E-state index in [4.69, 9.17) is 0 Å². The summed E-state index contributed by atoms with van der Waals surface area (Å²) < 4.78 is 27.5. The summed E-state index contributed by atoms with van der Waals surface area (Å²) in [4.78, 5) is 4.45. The number of benzene rings is 1. The van der Waals surface area contributed by atoms with Crippen molar-refractivity contribution in [3.8, 4) is 0 Å². The number of rotatable bonds is 7. The molecule has 2 N–H and O–H groups in total. The average molecular weight is 333 g/mol. The molecule has 6 heteroatoms. The molecule has 0 bridgehead atoms. The summed E-state index contributed by atoms with van der Waals surface area (Å²) in [6.07, 6.45) is 3.84.